The SMILES string of the molecule is O=C1C(=O)N(Cc2ccncc2)C(c2ccccc2F)/C1=C(/O)c1cccc(Cl)c1. The Morgan fingerprint density at radius 2 is 1.80 bits per heavy atom. The number of halogens is 2. The van der Waals surface area contributed by atoms with Gasteiger partial charge in [-0.3, -0.25) is 14.6 Å². The second-order valence-electron chi connectivity index (χ2n) is 6.81. The molecule has 1 atom stereocenters. The van der Waals surface area contributed by atoms with Crippen LogP contribution >= 0.6 is 11.6 Å². The van der Waals surface area contributed by atoms with Gasteiger partial charge >= 0.3 is 0 Å². The van der Waals surface area contributed by atoms with Gasteiger partial charge in [0.25, 0.3) is 11.7 Å². The first-order chi connectivity index (χ1) is 14.5. The van der Waals surface area contributed by atoms with Crippen molar-refractivity contribution in [2.75, 3.05) is 0 Å². The Hall–Kier alpha value is -3.51. The molecule has 0 radical (unpaired) electrons. The number of carbonyl (C=O) groups is 2. The number of aliphatic hydroxyl groups is 1. The third-order valence-corrected chi connectivity index (χ3v) is 5.18. The summed E-state index contributed by atoms with van der Waals surface area (Å²) in [5, 5.41) is 11.3. The van der Waals surface area contributed by atoms with E-state index in [1.807, 2.05) is 0 Å². The molecule has 0 bridgehead atoms. The van der Waals surface area contributed by atoms with Crippen molar-refractivity contribution in [1.29, 1.82) is 0 Å². The number of rotatable bonds is 4. The normalized spacial score (nSPS) is 18.1. The predicted molar refractivity (Wildman–Crippen MR) is 110 cm³/mol. The monoisotopic (exact) mass is 422 g/mol. The Balaban J connectivity index is 1.90. The molecule has 0 saturated carbocycles. The van der Waals surface area contributed by atoms with Gasteiger partial charge in [-0.15, -0.1) is 0 Å². The summed E-state index contributed by atoms with van der Waals surface area (Å²) in [4.78, 5) is 31.0. The van der Waals surface area contributed by atoms with Crippen molar-refractivity contribution in [2.45, 2.75) is 12.6 Å². The second-order valence-corrected chi connectivity index (χ2v) is 7.25. The molecule has 5 nitrogen and oxygen atoms in total. The van der Waals surface area contributed by atoms with Crippen molar-refractivity contribution in [3.8, 4) is 0 Å². The standard InChI is InChI=1S/C23H16ClFN2O3/c24-16-5-3-4-15(12-16)21(28)19-20(17-6-1-2-7-18(17)25)27(23(30)22(19)29)13-14-8-10-26-11-9-14/h1-12,20,28H,13H2/b21-19-. The summed E-state index contributed by atoms with van der Waals surface area (Å²) >= 11 is 6.01. The number of aromatic nitrogens is 1. The van der Waals surface area contributed by atoms with Crippen LogP contribution in [0, 0.1) is 5.82 Å². The van der Waals surface area contributed by atoms with Crippen LogP contribution in [0.3, 0.4) is 0 Å². The highest BCUT2D eigenvalue weighted by molar-refractivity contribution is 6.46. The molecule has 1 aliphatic rings. The molecular formula is C23H16ClFN2O3. The number of carbonyl (C=O) groups excluding carboxylic acids is 2. The lowest BCUT2D eigenvalue weighted by molar-refractivity contribution is -0.140. The van der Waals surface area contributed by atoms with E-state index < -0.39 is 29.3 Å². The van der Waals surface area contributed by atoms with E-state index in [1.54, 1.807) is 48.8 Å². The van der Waals surface area contributed by atoms with E-state index >= 15 is 0 Å². The molecule has 150 valence electrons. The van der Waals surface area contributed by atoms with Crippen LogP contribution in [0.5, 0.6) is 0 Å². The van der Waals surface area contributed by atoms with Gasteiger partial charge in [0, 0.05) is 35.1 Å². The average molecular weight is 423 g/mol. The van der Waals surface area contributed by atoms with E-state index in [0.29, 0.717) is 5.02 Å². The van der Waals surface area contributed by atoms with Crippen molar-refractivity contribution >= 4 is 29.1 Å². The van der Waals surface area contributed by atoms with E-state index in [-0.39, 0.29) is 23.2 Å². The Kier molecular flexibility index (Phi) is 5.33. The zero-order valence-corrected chi connectivity index (χ0v) is 16.4. The lowest BCUT2D eigenvalue weighted by atomic mass is 9.95. The average Bonchev–Trinajstić information content (AvgIpc) is 2.99. The smallest absolute Gasteiger partial charge is 0.295 e. The summed E-state index contributed by atoms with van der Waals surface area (Å²) in [6.07, 6.45) is 3.13. The van der Waals surface area contributed by atoms with Crippen molar-refractivity contribution in [1.82, 2.24) is 9.88 Å². The zero-order chi connectivity index (χ0) is 21.3. The van der Waals surface area contributed by atoms with Crippen LogP contribution in [0.1, 0.15) is 22.7 Å². The maximum Gasteiger partial charge on any atom is 0.295 e. The van der Waals surface area contributed by atoms with Gasteiger partial charge in [0.05, 0.1) is 11.6 Å². The second kappa shape index (κ2) is 8.08. The number of amides is 1. The maximum absolute atomic E-state index is 14.7. The molecule has 2 aromatic carbocycles. The number of aliphatic hydroxyl groups excluding tert-OH is 1. The quantitative estimate of drug-likeness (QED) is 0.382. The van der Waals surface area contributed by atoms with Crippen LogP contribution in [-0.2, 0) is 16.1 Å². The van der Waals surface area contributed by atoms with Gasteiger partial charge in [-0.2, -0.15) is 0 Å². The minimum absolute atomic E-state index is 0.0540. The fourth-order valence-corrected chi connectivity index (χ4v) is 3.73. The molecule has 1 amide bonds. The summed E-state index contributed by atoms with van der Waals surface area (Å²) in [6, 6.07) is 14.5. The highest BCUT2D eigenvalue weighted by atomic mass is 35.5. The van der Waals surface area contributed by atoms with Crippen molar-refractivity contribution in [3.05, 3.63) is 106 Å². The lowest BCUT2D eigenvalue weighted by Crippen LogP contribution is -2.29. The van der Waals surface area contributed by atoms with Crippen LogP contribution in [0.2, 0.25) is 5.02 Å². The molecule has 0 aliphatic carbocycles. The van der Waals surface area contributed by atoms with E-state index in [9.17, 15) is 19.1 Å². The van der Waals surface area contributed by atoms with Crippen LogP contribution in [0.4, 0.5) is 4.39 Å². The van der Waals surface area contributed by atoms with Crippen molar-refractivity contribution < 1.29 is 19.1 Å². The fourth-order valence-electron chi connectivity index (χ4n) is 3.54. The van der Waals surface area contributed by atoms with E-state index in [1.165, 1.54) is 29.2 Å². The van der Waals surface area contributed by atoms with E-state index in [2.05, 4.69) is 4.98 Å². The van der Waals surface area contributed by atoms with Gasteiger partial charge in [-0.25, -0.2) is 4.39 Å². The Bertz CT molecular complexity index is 1160. The summed E-state index contributed by atoms with van der Waals surface area (Å²) in [5.41, 5.74) is 0.928. The van der Waals surface area contributed by atoms with E-state index in [0.717, 1.165) is 5.56 Å². The summed E-state index contributed by atoms with van der Waals surface area (Å²) in [6.45, 7) is 0.0540. The Labute approximate surface area is 177 Å². The molecule has 30 heavy (non-hydrogen) atoms. The van der Waals surface area contributed by atoms with Crippen LogP contribution in [0.25, 0.3) is 5.76 Å². The zero-order valence-electron chi connectivity index (χ0n) is 15.6. The van der Waals surface area contributed by atoms with E-state index in [4.69, 9.17) is 11.6 Å². The number of hydrogen-bond donors (Lipinski definition) is 1. The summed E-state index contributed by atoms with van der Waals surface area (Å²) in [7, 11) is 0. The highest BCUT2D eigenvalue weighted by Crippen LogP contribution is 2.41. The number of pyridine rings is 1. The highest BCUT2D eigenvalue weighted by Gasteiger charge is 2.46. The van der Waals surface area contributed by atoms with Gasteiger partial charge in [0.15, 0.2) is 0 Å². The number of ketones is 1. The summed E-state index contributed by atoms with van der Waals surface area (Å²) < 4.78 is 14.7. The molecule has 1 aliphatic heterocycles. The van der Waals surface area contributed by atoms with Crippen LogP contribution in [-0.4, -0.2) is 26.7 Å². The molecule has 2 heterocycles. The predicted octanol–water partition coefficient (Wildman–Crippen LogP) is 4.50. The molecular weight excluding hydrogens is 407 g/mol. The van der Waals surface area contributed by atoms with Gasteiger partial charge in [-0.05, 0) is 35.9 Å². The largest absolute Gasteiger partial charge is 0.507 e. The fraction of sp³-hybridized carbons (Fsp3) is 0.0870. The molecule has 1 unspecified atom stereocenters. The van der Waals surface area contributed by atoms with Crippen molar-refractivity contribution in [3.63, 3.8) is 0 Å². The van der Waals surface area contributed by atoms with Gasteiger partial charge in [-0.1, -0.05) is 41.9 Å². The molecule has 4 rings (SSSR count). The Morgan fingerprint density at radius 3 is 2.50 bits per heavy atom. The van der Waals surface area contributed by atoms with Crippen LogP contribution < -0.4 is 0 Å². The van der Waals surface area contributed by atoms with Crippen LogP contribution in [0.15, 0.2) is 78.6 Å². The number of Topliss-reactive ketones (excluding diaryl/α,β-unsaturated/α-hetero) is 1. The van der Waals surface area contributed by atoms with Gasteiger partial charge in [0.2, 0.25) is 0 Å². The maximum atomic E-state index is 14.7. The third kappa shape index (κ3) is 3.57. The minimum atomic E-state index is -1.08. The molecule has 3 aromatic rings. The topological polar surface area (TPSA) is 70.5 Å². The number of likely N-dealkylation sites (tertiary alicyclic amines) is 1. The number of hydrogen-bond acceptors (Lipinski definition) is 4. The molecule has 7 heteroatoms. The molecule has 0 spiro atoms. The first kappa shape index (κ1) is 19.8. The number of benzene rings is 2. The lowest BCUT2D eigenvalue weighted by Gasteiger charge is -2.25. The first-order valence-electron chi connectivity index (χ1n) is 9.15. The molecule has 1 aromatic heterocycles. The summed E-state index contributed by atoms with van der Waals surface area (Å²) in [5.74, 6) is -2.68. The molecule has 1 saturated heterocycles. The van der Waals surface area contributed by atoms with Crippen molar-refractivity contribution in [2.24, 2.45) is 0 Å². The Morgan fingerprint density at radius 1 is 1.07 bits per heavy atom. The first-order valence-corrected chi connectivity index (χ1v) is 9.53. The molecule has 1 N–H and O–H groups in total. The number of nitrogens with zero attached hydrogens (tertiary/aromatic N) is 2. The minimum Gasteiger partial charge on any atom is -0.507 e. The van der Waals surface area contributed by atoms with Gasteiger partial charge < -0.3 is 10.0 Å². The molecule has 1 fully saturated rings. The van der Waals surface area contributed by atoms with Gasteiger partial charge in [0.1, 0.15) is 11.6 Å². The third-order valence-electron chi connectivity index (χ3n) is 4.94.